The molecule has 2 N–H and O–H groups in total. The number of hydrogen-bond acceptors (Lipinski definition) is 4. The fourth-order valence-electron chi connectivity index (χ4n) is 4.03. The quantitative estimate of drug-likeness (QED) is 0.523. The molecule has 0 aromatic heterocycles. The van der Waals surface area contributed by atoms with Gasteiger partial charge in [-0.1, -0.05) is 69.9 Å². The average Bonchev–Trinajstić information content (AvgIpc) is 3.23. The van der Waals surface area contributed by atoms with Gasteiger partial charge >= 0.3 is 5.97 Å². The summed E-state index contributed by atoms with van der Waals surface area (Å²) in [5.74, 6) is -0.412. The van der Waals surface area contributed by atoms with Crippen LogP contribution in [0.15, 0.2) is 30.3 Å². The Kier molecular flexibility index (Phi) is 10.0. The smallest absolute Gasteiger partial charge is 0.329 e. The molecular weight excluding hydrogens is 392 g/mol. The number of ether oxygens (including phenoxy) is 1. The van der Waals surface area contributed by atoms with Gasteiger partial charge in [-0.3, -0.25) is 9.59 Å². The van der Waals surface area contributed by atoms with Crippen molar-refractivity contribution in [3.63, 3.8) is 0 Å². The van der Waals surface area contributed by atoms with Crippen LogP contribution in [0.1, 0.15) is 71.8 Å². The number of nitrogens with one attached hydrogen (secondary N) is 2. The molecule has 31 heavy (non-hydrogen) atoms. The predicted octanol–water partition coefficient (Wildman–Crippen LogP) is 3.78. The van der Waals surface area contributed by atoms with E-state index in [-0.39, 0.29) is 23.8 Å². The second-order valence-electron chi connectivity index (χ2n) is 9.21. The molecule has 0 bridgehead atoms. The Labute approximate surface area is 186 Å². The number of benzene rings is 1. The summed E-state index contributed by atoms with van der Waals surface area (Å²) in [6.07, 6.45) is 6.25. The predicted molar refractivity (Wildman–Crippen MR) is 121 cm³/mol. The van der Waals surface area contributed by atoms with Crippen molar-refractivity contribution in [2.45, 2.75) is 90.8 Å². The van der Waals surface area contributed by atoms with E-state index in [2.05, 4.69) is 10.6 Å². The van der Waals surface area contributed by atoms with E-state index in [4.69, 9.17) is 4.74 Å². The van der Waals surface area contributed by atoms with Gasteiger partial charge < -0.3 is 15.4 Å². The lowest BCUT2D eigenvalue weighted by Gasteiger charge is -2.25. The van der Waals surface area contributed by atoms with E-state index in [1.54, 1.807) is 13.8 Å². The zero-order valence-electron chi connectivity index (χ0n) is 19.4. The van der Waals surface area contributed by atoms with E-state index >= 15 is 0 Å². The highest BCUT2D eigenvalue weighted by atomic mass is 16.5. The van der Waals surface area contributed by atoms with Gasteiger partial charge in [0.1, 0.15) is 12.1 Å². The summed E-state index contributed by atoms with van der Waals surface area (Å²) in [6.45, 7) is 7.34. The molecule has 2 amide bonds. The molecule has 1 saturated carbocycles. The molecule has 2 rings (SSSR count). The normalized spacial score (nSPS) is 16.2. The van der Waals surface area contributed by atoms with Crippen molar-refractivity contribution in [1.82, 2.24) is 10.6 Å². The van der Waals surface area contributed by atoms with Crippen molar-refractivity contribution in [1.29, 1.82) is 0 Å². The van der Waals surface area contributed by atoms with Crippen molar-refractivity contribution < 1.29 is 19.1 Å². The number of amides is 2. The summed E-state index contributed by atoms with van der Waals surface area (Å²) in [7, 11) is 0. The standard InChI is InChI=1S/C25H38N2O4/c1-17(2)23(27-22(28)15-14-19-10-8-9-11-19)24(29)26-21(25(30)31-18(3)4)16-20-12-6-5-7-13-20/h5-7,12-13,17-19,21,23H,8-11,14-16H2,1-4H3,(H,26,29)(H,27,28)/t21-,23-/m0/s1. The Balaban J connectivity index is 2.00. The zero-order chi connectivity index (χ0) is 22.8. The van der Waals surface area contributed by atoms with Gasteiger partial charge in [0.2, 0.25) is 11.8 Å². The van der Waals surface area contributed by atoms with Crippen LogP contribution in [0.2, 0.25) is 0 Å². The number of hydrogen-bond donors (Lipinski definition) is 2. The van der Waals surface area contributed by atoms with Crippen molar-refractivity contribution in [3.05, 3.63) is 35.9 Å². The highest BCUT2D eigenvalue weighted by Gasteiger charge is 2.30. The minimum atomic E-state index is -0.811. The topological polar surface area (TPSA) is 84.5 Å². The maximum Gasteiger partial charge on any atom is 0.329 e. The van der Waals surface area contributed by atoms with Crippen LogP contribution >= 0.6 is 0 Å². The van der Waals surface area contributed by atoms with Crippen LogP contribution < -0.4 is 10.6 Å². The fraction of sp³-hybridized carbons (Fsp3) is 0.640. The van der Waals surface area contributed by atoms with Crippen LogP contribution in [0.5, 0.6) is 0 Å². The minimum Gasteiger partial charge on any atom is -0.461 e. The van der Waals surface area contributed by atoms with Gasteiger partial charge in [-0.05, 0) is 37.7 Å². The van der Waals surface area contributed by atoms with E-state index in [0.29, 0.717) is 18.8 Å². The summed E-state index contributed by atoms with van der Waals surface area (Å²) in [5, 5.41) is 5.71. The summed E-state index contributed by atoms with van der Waals surface area (Å²) >= 11 is 0. The maximum absolute atomic E-state index is 13.0. The largest absolute Gasteiger partial charge is 0.461 e. The van der Waals surface area contributed by atoms with Crippen LogP contribution in [-0.4, -0.2) is 36.0 Å². The lowest BCUT2D eigenvalue weighted by atomic mass is 9.99. The highest BCUT2D eigenvalue weighted by Crippen LogP contribution is 2.28. The fourth-order valence-corrected chi connectivity index (χ4v) is 4.03. The van der Waals surface area contributed by atoms with Gasteiger partial charge in [0, 0.05) is 12.8 Å². The molecule has 1 aliphatic carbocycles. The molecule has 6 nitrogen and oxygen atoms in total. The summed E-state index contributed by atoms with van der Waals surface area (Å²) in [6, 6.07) is 8.00. The summed E-state index contributed by atoms with van der Waals surface area (Å²) in [5.41, 5.74) is 0.926. The molecule has 1 fully saturated rings. The third kappa shape index (κ3) is 8.72. The third-order valence-electron chi connectivity index (χ3n) is 5.76. The molecule has 0 radical (unpaired) electrons. The van der Waals surface area contributed by atoms with Crippen LogP contribution in [0.3, 0.4) is 0 Å². The van der Waals surface area contributed by atoms with Crippen molar-refractivity contribution in [2.75, 3.05) is 0 Å². The van der Waals surface area contributed by atoms with E-state index in [1.165, 1.54) is 25.7 Å². The van der Waals surface area contributed by atoms with Gasteiger partial charge in [0.05, 0.1) is 6.10 Å². The number of carbonyl (C=O) groups is 3. The SMILES string of the molecule is CC(C)OC(=O)[C@H](Cc1ccccc1)NC(=O)[C@@H](NC(=O)CCC1CCCC1)C(C)C. The molecule has 6 heteroatoms. The number of carbonyl (C=O) groups excluding carboxylic acids is 3. The maximum atomic E-state index is 13.0. The Bertz CT molecular complexity index is 711. The van der Waals surface area contributed by atoms with Crippen LogP contribution in [0.25, 0.3) is 0 Å². The van der Waals surface area contributed by atoms with Gasteiger partial charge in [0.25, 0.3) is 0 Å². The first-order valence-electron chi connectivity index (χ1n) is 11.6. The zero-order valence-corrected chi connectivity index (χ0v) is 19.4. The monoisotopic (exact) mass is 430 g/mol. The molecule has 1 aliphatic rings. The molecule has 172 valence electrons. The molecule has 0 heterocycles. The molecule has 0 spiro atoms. The van der Waals surface area contributed by atoms with Crippen LogP contribution in [0, 0.1) is 11.8 Å². The number of rotatable bonds is 11. The Morgan fingerprint density at radius 1 is 1.00 bits per heavy atom. The molecule has 0 saturated heterocycles. The van der Waals surface area contributed by atoms with Crippen molar-refractivity contribution in [3.8, 4) is 0 Å². The lowest BCUT2D eigenvalue weighted by Crippen LogP contribution is -2.54. The second kappa shape index (κ2) is 12.5. The Morgan fingerprint density at radius 2 is 1.65 bits per heavy atom. The van der Waals surface area contributed by atoms with Crippen LogP contribution in [-0.2, 0) is 25.5 Å². The van der Waals surface area contributed by atoms with Crippen molar-refractivity contribution >= 4 is 17.8 Å². The van der Waals surface area contributed by atoms with Crippen molar-refractivity contribution in [2.24, 2.45) is 11.8 Å². The lowest BCUT2D eigenvalue weighted by molar-refractivity contribution is -0.151. The Hall–Kier alpha value is -2.37. The Morgan fingerprint density at radius 3 is 2.23 bits per heavy atom. The van der Waals surface area contributed by atoms with Gasteiger partial charge in [-0.25, -0.2) is 4.79 Å². The second-order valence-corrected chi connectivity index (χ2v) is 9.21. The first-order chi connectivity index (χ1) is 14.8. The first kappa shape index (κ1) is 24.9. The number of esters is 1. The summed E-state index contributed by atoms with van der Waals surface area (Å²) < 4.78 is 5.36. The van der Waals surface area contributed by atoms with Crippen LogP contribution in [0.4, 0.5) is 0 Å². The molecular formula is C25H38N2O4. The van der Waals surface area contributed by atoms with Gasteiger partial charge in [-0.2, -0.15) is 0 Å². The molecule has 0 aliphatic heterocycles. The molecule has 1 aromatic rings. The summed E-state index contributed by atoms with van der Waals surface area (Å²) in [4.78, 5) is 38.2. The van der Waals surface area contributed by atoms with E-state index in [0.717, 1.165) is 12.0 Å². The van der Waals surface area contributed by atoms with Gasteiger partial charge in [0.15, 0.2) is 0 Å². The third-order valence-corrected chi connectivity index (χ3v) is 5.76. The van der Waals surface area contributed by atoms with E-state index in [1.807, 2.05) is 44.2 Å². The van der Waals surface area contributed by atoms with E-state index in [9.17, 15) is 14.4 Å². The first-order valence-corrected chi connectivity index (χ1v) is 11.6. The molecule has 0 unspecified atom stereocenters. The minimum absolute atomic E-state index is 0.103. The van der Waals surface area contributed by atoms with E-state index < -0.39 is 18.1 Å². The van der Waals surface area contributed by atoms with Gasteiger partial charge in [-0.15, -0.1) is 0 Å². The molecule has 2 atom stereocenters. The highest BCUT2D eigenvalue weighted by molar-refractivity contribution is 5.91. The average molecular weight is 431 g/mol. The molecule has 1 aromatic carbocycles.